The van der Waals surface area contributed by atoms with Crippen molar-refractivity contribution in [2.24, 2.45) is 0 Å². The third-order valence-electron chi connectivity index (χ3n) is 3.14. The zero-order valence-electron chi connectivity index (χ0n) is 13.4. The fraction of sp³-hybridized carbons (Fsp3) is 0.0625. The first-order valence-corrected chi connectivity index (χ1v) is 8.73. The van der Waals surface area contributed by atoms with Gasteiger partial charge in [0.05, 0.1) is 10.5 Å². The topological polar surface area (TPSA) is 128 Å². The number of nitro groups is 1. The average molecular weight is 377 g/mol. The van der Waals surface area contributed by atoms with E-state index in [9.17, 15) is 23.3 Å². The number of nitrogens with zero attached hydrogens (tertiary/aromatic N) is 1. The van der Waals surface area contributed by atoms with Crippen molar-refractivity contribution in [2.45, 2.75) is 4.90 Å². The molecule has 10 heteroatoms. The molecule has 0 atom stereocenters. The minimum atomic E-state index is -4.35. The van der Waals surface area contributed by atoms with Gasteiger partial charge in [-0.05, 0) is 18.2 Å². The maximum atomic E-state index is 12.3. The number of carbonyl (C=O) groups excluding carboxylic acids is 1. The molecule has 0 saturated heterocycles. The number of benzene rings is 2. The van der Waals surface area contributed by atoms with Crippen LogP contribution in [0.1, 0.15) is 10.4 Å². The van der Waals surface area contributed by atoms with Crippen LogP contribution < -0.4 is 15.0 Å². The Morgan fingerprint density at radius 3 is 2.54 bits per heavy atom. The minimum absolute atomic E-state index is 0.0830. The lowest BCUT2D eigenvalue weighted by Gasteiger charge is -2.11. The minimum Gasteiger partial charge on any atom is -0.489 e. The molecule has 0 spiro atoms. The second-order valence-electron chi connectivity index (χ2n) is 4.88. The molecule has 2 rings (SSSR count). The highest BCUT2D eigenvalue weighted by Gasteiger charge is 2.26. The number of ether oxygens (including phenoxy) is 1. The number of hydrogen-bond acceptors (Lipinski definition) is 6. The monoisotopic (exact) mass is 377 g/mol. The van der Waals surface area contributed by atoms with Gasteiger partial charge in [0, 0.05) is 6.07 Å². The van der Waals surface area contributed by atoms with Crippen LogP contribution in [0.25, 0.3) is 0 Å². The van der Waals surface area contributed by atoms with E-state index in [1.807, 2.05) is 10.3 Å². The number of nitrogens with one attached hydrogen (secondary N) is 2. The quantitative estimate of drug-likeness (QED) is 0.410. The van der Waals surface area contributed by atoms with Gasteiger partial charge in [-0.25, -0.2) is 8.42 Å². The van der Waals surface area contributed by atoms with Gasteiger partial charge in [-0.2, -0.15) is 0 Å². The largest absolute Gasteiger partial charge is 0.489 e. The molecule has 2 aromatic rings. The van der Waals surface area contributed by atoms with Gasteiger partial charge in [0.15, 0.2) is 4.90 Å². The van der Waals surface area contributed by atoms with Crippen LogP contribution >= 0.6 is 0 Å². The first kappa shape index (κ1) is 19.1. The first-order chi connectivity index (χ1) is 12.4. The Labute approximate surface area is 149 Å². The highest BCUT2D eigenvalue weighted by atomic mass is 32.2. The summed E-state index contributed by atoms with van der Waals surface area (Å²) >= 11 is 0. The second kappa shape index (κ2) is 8.23. The van der Waals surface area contributed by atoms with Crippen molar-refractivity contribution < 1.29 is 22.9 Å². The number of rotatable bonds is 8. The van der Waals surface area contributed by atoms with Crippen LogP contribution in [-0.2, 0) is 10.0 Å². The second-order valence-corrected chi connectivity index (χ2v) is 6.53. The lowest BCUT2D eigenvalue weighted by Crippen LogP contribution is -2.41. The number of amides is 1. The van der Waals surface area contributed by atoms with Crippen molar-refractivity contribution in [3.63, 3.8) is 0 Å². The Morgan fingerprint density at radius 2 is 1.85 bits per heavy atom. The molecule has 0 saturated carbocycles. The molecule has 2 N–H and O–H groups in total. The molecule has 0 aliphatic rings. The summed E-state index contributed by atoms with van der Waals surface area (Å²) in [6.45, 7) is 3.66. The number of sulfonamides is 1. The van der Waals surface area contributed by atoms with Crippen molar-refractivity contribution >= 4 is 21.6 Å². The van der Waals surface area contributed by atoms with Gasteiger partial charge in [0.25, 0.3) is 21.6 Å². The van der Waals surface area contributed by atoms with E-state index in [2.05, 4.69) is 6.58 Å². The van der Waals surface area contributed by atoms with Gasteiger partial charge in [0.1, 0.15) is 12.4 Å². The van der Waals surface area contributed by atoms with E-state index in [1.54, 1.807) is 12.1 Å². The third-order valence-corrected chi connectivity index (χ3v) is 4.43. The molecule has 0 aromatic heterocycles. The van der Waals surface area contributed by atoms with Crippen molar-refractivity contribution in [3.05, 3.63) is 76.9 Å². The zero-order valence-corrected chi connectivity index (χ0v) is 14.2. The summed E-state index contributed by atoms with van der Waals surface area (Å²) in [7, 11) is -4.35. The van der Waals surface area contributed by atoms with Crippen molar-refractivity contribution in [2.75, 3.05) is 6.61 Å². The van der Waals surface area contributed by atoms with E-state index < -0.39 is 31.4 Å². The van der Waals surface area contributed by atoms with E-state index in [1.165, 1.54) is 30.3 Å². The number of nitro benzene ring substituents is 1. The van der Waals surface area contributed by atoms with Crippen LogP contribution in [0.4, 0.5) is 5.69 Å². The van der Waals surface area contributed by atoms with Gasteiger partial charge in [-0.3, -0.25) is 20.3 Å². The Morgan fingerprint density at radius 1 is 1.19 bits per heavy atom. The van der Waals surface area contributed by atoms with E-state index in [-0.39, 0.29) is 17.9 Å². The number of hydrogen-bond donors (Lipinski definition) is 2. The van der Waals surface area contributed by atoms with Gasteiger partial charge in [0.2, 0.25) is 0 Å². The van der Waals surface area contributed by atoms with Crippen LogP contribution in [0.15, 0.2) is 66.1 Å². The molecule has 0 fully saturated rings. The van der Waals surface area contributed by atoms with E-state index >= 15 is 0 Å². The molecular weight excluding hydrogens is 362 g/mol. The Balaban J connectivity index is 2.20. The molecule has 0 aliphatic carbocycles. The molecule has 136 valence electrons. The standard InChI is InChI=1S/C16H15N3O6S/c1-2-11-25-14-9-5-3-7-12(14)16(20)17-18-26(23,24)15-10-6-4-8-13(15)19(21)22/h2-10,18H,1,11H2,(H,17,20). The third kappa shape index (κ3) is 4.43. The highest BCUT2D eigenvalue weighted by molar-refractivity contribution is 7.89. The summed E-state index contributed by atoms with van der Waals surface area (Å²) in [5, 5.41) is 11.0. The molecule has 0 unspecified atom stereocenters. The van der Waals surface area contributed by atoms with Crippen LogP contribution in [0.2, 0.25) is 0 Å². The van der Waals surface area contributed by atoms with Crippen molar-refractivity contribution in [1.29, 1.82) is 0 Å². The van der Waals surface area contributed by atoms with Crippen molar-refractivity contribution in [3.8, 4) is 5.75 Å². The normalized spacial score (nSPS) is 10.8. The van der Waals surface area contributed by atoms with E-state index in [4.69, 9.17) is 4.74 Å². The Hall–Kier alpha value is -3.24. The molecule has 0 heterocycles. The zero-order chi connectivity index (χ0) is 19.2. The highest BCUT2D eigenvalue weighted by Crippen LogP contribution is 2.22. The Kier molecular flexibility index (Phi) is 6.04. The molecule has 0 aliphatic heterocycles. The first-order valence-electron chi connectivity index (χ1n) is 7.25. The molecule has 0 bridgehead atoms. The molecule has 1 amide bonds. The fourth-order valence-corrected chi connectivity index (χ4v) is 3.01. The maximum absolute atomic E-state index is 12.3. The number of hydrazine groups is 1. The van der Waals surface area contributed by atoms with E-state index in [0.29, 0.717) is 0 Å². The van der Waals surface area contributed by atoms with Crippen LogP contribution in [0, 0.1) is 10.1 Å². The molecule has 26 heavy (non-hydrogen) atoms. The summed E-state index contributed by atoms with van der Waals surface area (Å²) < 4.78 is 29.9. The fourth-order valence-electron chi connectivity index (χ4n) is 2.00. The lowest BCUT2D eigenvalue weighted by molar-refractivity contribution is -0.387. The summed E-state index contributed by atoms with van der Waals surface area (Å²) in [6.07, 6.45) is 1.49. The van der Waals surface area contributed by atoms with Gasteiger partial charge in [-0.1, -0.05) is 36.9 Å². The average Bonchev–Trinajstić information content (AvgIpc) is 2.64. The van der Waals surface area contributed by atoms with Crippen molar-refractivity contribution in [1.82, 2.24) is 10.3 Å². The SMILES string of the molecule is C=CCOc1ccccc1C(=O)NNS(=O)(=O)c1ccccc1[N+](=O)[O-]. The number of carbonyl (C=O) groups is 1. The van der Waals surface area contributed by atoms with Gasteiger partial charge in [-0.15, -0.1) is 4.83 Å². The van der Waals surface area contributed by atoms with Gasteiger partial charge < -0.3 is 4.74 Å². The molecule has 9 nitrogen and oxygen atoms in total. The maximum Gasteiger partial charge on any atom is 0.289 e. The summed E-state index contributed by atoms with van der Waals surface area (Å²) in [5.41, 5.74) is 1.49. The van der Waals surface area contributed by atoms with Gasteiger partial charge >= 0.3 is 0 Å². The predicted octanol–water partition coefficient (Wildman–Crippen LogP) is 1.78. The van der Waals surface area contributed by atoms with Crippen LogP contribution in [-0.4, -0.2) is 25.9 Å². The number of para-hydroxylation sites is 2. The predicted molar refractivity (Wildman–Crippen MR) is 93.0 cm³/mol. The summed E-state index contributed by atoms with van der Waals surface area (Å²) in [4.78, 5) is 23.7. The molecule has 0 radical (unpaired) electrons. The van der Waals surface area contributed by atoms with E-state index in [0.717, 1.165) is 12.1 Å². The Bertz CT molecular complexity index is 943. The van der Waals surface area contributed by atoms with Crippen LogP contribution in [0.5, 0.6) is 5.75 Å². The lowest BCUT2D eigenvalue weighted by atomic mass is 10.2. The molecule has 2 aromatic carbocycles. The summed E-state index contributed by atoms with van der Waals surface area (Å²) in [6, 6.07) is 11.0. The molecular formula is C16H15N3O6S. The summed E-state index contributed by atoms with van der Waals surface area (Å²) in [5.74, 6) is -0.554. The van der Waals surface area contributed by atoms with Crippen LogP contribution in [0.3, 0.4) is 0 Å². The smallest absolute Gasteiger partial charge is 0.289 e.